The van der Waals surface area contributed by atoms with E-state index in [1.165, 1.54) is 18.2 Å². The first-order valence-corrected chi connectivity index (χ1v) is 6.67. The van der Waals surface area contributed by atoms with Crippen molar-refractivity contribution in [1.29, 1.82) is 0 Å². The second-order valence-electron chi connectivity index (χ2n) is 4.27. The van der Waals surface area contributed by atoms with Crippen LogP contribution in [0.25, 0.3) is 0 Å². The molecule has 0 bridgehead atoms. The molecule has 0 aliphatic carbocycles. The summed E-state index contributed by atoms with van der Waals surface area (Å²) in [5.74, 6) is -0.473. The molecule has 0 saturated heterocycles. The zero-order valence-corrected chi connectivity index (χ0v) is 12.1. The summed E-state index contributed by atoms with van der Waals surface area (Å²) >= 11 is 5.58. The molecule has 1 amide bonds. The van der Waals surface area contributed by atoms with Crippen molar-refractivity contribution >= 4 is 28.9 Å². The monoisotopic (exact) mass is 308 g/mol. The van der Waals surface area contributed by atoms with E-state index in [1.807, 2.05) is 6.92 Å². The Hall–Kier alpha value is -2.27. The van der Waals surface area contributed by atoms with Gasteiger partial charge in [-0.2, -0.15) is 0 Å². The molecular formula is C15H14ClFN2O2. The summed E-state index contributed by atoms with van der Waals surface area (Å²) in [6, 6.07) is 8.75. The molecule has 21 heavy (non-hydrogen) atoms. The Morgan fingerprint density at radius 1 is 1.33 bits per heavy atom. The maximum Gasteiger partial charge on any atom is 0.255 e. The van der Waals surface area contributed by atoms with Crippen LogP contribution in [0.4, 0.5) is 15.8 Å². The van der Waals surface area contributed by atoms with E-state index in [4.69, 9.17) is 22.1 Å². The van der Waals surface area contributed by atoms with Crippen molar-refractivity contribution in [2.45, 2.75) is 6.92 Å². The van der Waals surface area contributed by atoms with E-state index in [1.54, 1.807) is 12.1 Å². The van der Waals surface area contributed by atoms with E-state index in [2.05, 4.69) is 5.32 Å². The largest absolute Gasteiger partial charge is 0.492 e. The molecule has 0 aliphatic rings. The summed E-state index contributed by atoms with van der Waals surface area (Å²) in [5, 5.41) is 2.57. The Labute approximate surface area is 126 Å². The molecule has 2 aromatic rings. The molecular weight excluding hydrogens is 295 g/mol. The highest BCUT2D eigenvalue weighted by atomic mass is 35.5. The topological polar surface area (TPSA) is 64.3 Å². The summed E-state index contributed by atoms with van der Waals surface area (Å²) < 4.78 is 18.6. The molecule has 0 aliphatic heterocycles. The number of amides is 1. The Bertz CT molecular complexity index is 677. The highest BCUT2D eigenvalue weighted by Crippen LogP contribution is 2.24. The lowest BCUT2D eigenvalue weighted by Gasteiger charge is -2.09. The fourth-order valence-electron chi connectivity index (χ4n) is 1.75. The third-order valence-electron chi connectivity index (χ3n) is 2.75. The van der Waals surface area contributed by atoms with E-state index in [-0.39, 0.29) is 5.02 Å². The lowest BCUT2D eigenvalue weighted by molar-refractivity contribution is 0.102. The van der Waals surface area contributed by atoms with Crippen LogP contribution in [0.5, 0.6) is 5.75 Å². The predicted octanol–water partition coefficient (Wildman–Crippen LogP) is 3.71. The number of hydrogen-bond acceptors (Lipinski definition) is 3. The Kier molecular flexibility index (Phi) is 4.65. The number of nitrogens with two attached hydrogens (primary N) is 1. The minimum absolute atomic E-state index is 0.00156. The maximum absolute atomic E-state index is 13.3. The first-order chi connectivity index (χ1) is 10.0. The van der Waals surface area contributed by atoms with Crippen LogP contribution in [-0.2, 0) is 0 Å². The number of nitrogens with one attached hydrogen (secondary N) is 1. The average molecular weight is 309 g/mol. The fraction of sp³-hybridized carbons (Fsp3) is 0.133. The van der Waals surface area contributed by atoms with Crippen molar-refractivity contribution in [3.63, 3.8) is 0 Å². The summed E-state index contributed by atoms with van der Waals surface area (Å²) in [6.45, 7) is 2.33. The number of carbonyl (C=O) groups excluding carboxylic acids is 1. The Morgan fingerprint density at radius 2 is 2.10 bits per heavy atom. The number of carbonyl (C=O) groups is 1. The highest BCUT2D eigenvalue weighted by Gasteiger charge is 2.10. The number of ether oxygens (including phenoxy) is 1. The molecule has 0 radical (unpaired) electrons. The number of hydrogen-bond donors (Lipinski definition) is 2. The van der Waals surface area contributed by atoms with Crippen LogP contribution in [0, 0.1) is 5.82 Å². The molecule has 0 fully saturated rings. The Morgan fingerprint density at radius 3 is 2.71 bits per heavy atom. The van der Waals surface area contributed by atoms with Gasteiger partial charge in [-0.3, -0.25) is 4.79 Å². The van der Waals surface area contributed by atoms with Gasteiger partial charge < -0.3 is 15.8 Å². The SMILES string of the molecule is CCOc1ccc(C(=O)Nc2ccc(Cl)c(F)c2)cc1N. The molecule has 4 nitrogen and oxygen atoms in total. The summed E-state index contributed by atoms with van der Waals surface area (Å²) in [6.07, 6.45) is 0. The molecule has 110 valence electrons. The summed E-state index contributed by atoms with van der Waals surface area (Å²) in [7, 11) is 0. The van der Waals surface area contributed by atoms with Crippen LogP contribution in [-0.4, -0.2) is 12.5 Å². The fourth-order valence-corrected chi connectivity index (χ4v) is 1.87. The molecule has 0 atom stereocenters. The van der Waals surface area contributed by atoms with E-state index >= 15 is 0 Å². The number of rotatable bonds is 4. The van der Waals surface area contributed by atoms with Crippen LogP contribution >= 0.6 is 11.6 Å². The average Bonchev–Trinajstić information content (AvgIpc) is 2.45. The lowest BCUT2D eigenvalue weighted by Crippen LogP contribution is -2.12. The van der Waals surface area contributed by atoms with Crippen molar-refractivity contribution in [2.24, 2.45) is 0 Å². The highest BCUT2D eigenvalue weighted by molar-refractivity contribution is 6.30. The van der Waals surface area contributed by atoms with Gasteiger partial charge in [-0.25, -0.2) is 4.39 Å². The van der Waals surface area contributed by atoms with Crippen LogP contribution in [0.15, 0.2) is 36.4 Å². The van der Waals surface area contributed by atoms with Crippen LogP contribution in [0.3, 0.4) is 0 Å². The summed E-state index contributed by atoms with van der Waals surface area (Å²) in [5.41, 5.74) is 6.83. The van der Waals surface area contributed by atoms with Crippen molar-refractivity contribution < 1.29 is 13.9 Å². The number of benzene rings is 2. The predicted molar refractivity (Wildman–Crippen MR) is 81.4 cm³/mol. The van der Waals surface area contributed by atoms with Gasteiger partial charge in [0.25, 0.3) is 5.91 Å². The van der Waals surface area contributed by atoms with Gasteiger partial charge in [-0.15, -0.1) is 0 Å². The van der Waals surface area contributed by atoms with E-state index in [0.717, 1.165) is 6.07 Å². The molecule has 0 spiro atoms. The van der Waals surface area contributed by atoms with Crippen LogP contribution in [0.2, 0.25) is 5.02 Å². The van der Waals surface area contributed by atoms with Gasteiger partial charge in [0.15, 0.2) is 0 Å². The van der Waals surface area contributed by atoms with Gasteiger partial charge >= 0.3 is 0 Å². The van der Waals surface area contributed by atoms with E-state index < -0.39 is 11.7 Å². The first-order valence-electron chi connectivity index (χ1n) is 6.30. The second kappa shape index (κ2) is 6.45. The second-order valence-corrected chi connectivity index (χ2v) is 4.68. The molecule has 3 N–H and O–H groups in total. The quantitative estimate of drug-likeness (QED) is 0.846. The zero-order chi connectivity index (χ0) is 15.4. The molecule has 0 unspecified atom stereocenters. The number of anilines is 2. The van der Waals surface area contributed by atoms with Crippen molar-refractivity contribution in [1.82, 2.24) is 0 Å². The maximum atomic E-state index is 13.3. The van der Waals surface area contributed by atoms with Crippen LogP contribution < -0.4 is 15.8 Å². The molecule has 0 aromatic heterocycles. The van der Waals surface area contributed by atoms with Gasteiger partial charge in [-0.05, 0) is 43.3 Å². The van der Waals surface area contributed by atoms with E-state index in [9.17, 15) is 9.18 Å². The van der Waals surface area contributed by atoms with Gasteiger partial charge in [0.05, 0.1) is 17.3 Å². The number of halogens is 2. The molecule has 0 heterocycles. The normalized spacial score (nSPS) is 10.2. The van der Waals surface area contributed by atoms with Gasteiger partial charge in [-0.1, -0.05) is 11.6 Å². The third kappa shape index (κ3) is 3.64. The Balaban J connectivity index is 2.16. The molecule has 0 saturated carbocycles. The smallest absolute Gasteiger partial charge is 0.255 e. The van der Waals surface area contributed by atoms with Gasteiger partial charge in [0.1, 0.15) is 11.6 Å². The van der Waals surface area contributed by atoms with Crippen molar-refractivity contribution in [2.75, 3.05) is 17.7 Å². The zero-order valence-electron chi connectivity index (χ0n) is 11.3. The minimum Gasteiger partial charge on any atom is -0.492 e. The molecule has 2 aromatic carbocycles. The first kappa shape index (κ1) is 15.1. The van der Waals surface area contributed by atoms with E-state index in [0.29, 0.717) is 29.3 Å². The van der Waals surface area contributed by atoms with Gasteiger partial charge in [0, 0.05) is 11.3 Å². The minimum atomic E-state index is -0.597. The third-order valence-corrected chi connectivity index (χ3v) is 3.06. The van der Waals surface area contributed by atoms with Crippen molar-refractivity contribution in [3.8, 4) is 5.75 Å². The molecule has 6 heteroatoms. The van der Waals surface area contributed by atoms with Crippen LogP contribution in [0.1, 0.15) is 17.3 Å². The lowest BCUT2D eigenvalue weighted by atomic mass is 10.1. The van der Waals surface area contributed by atoms with Crippen molar-refractivity contribution in [3.05, 3.63) is 52.8 Å². The molecule has 2 rings (SSSR count). The van der Waals surface area contributed by atoms with Gasteiger partial charge in [0.2, 0.25) is 0 Å². The number of nitrogen functional groups attached to an aromatic ring is 1. The summed E-state index contributed by atoms with van der Waals surface area (Å²) in [4.78, 5) is 12.1. The standard InChI is InChI=1S/C15H14ClFN2O2/c1-2-21-14-6-3-9(7-13(14)18)15(20)19-10-4-5-11(16)12(17)8-10/h3-8H,2,18H2,1H3,(H,19,20).